The number of hydrogen-bond donors (Lipinski definition) is 1. The molecular formula is C16H17ClN6O. The van der Waals surface area contributed by atoms with Crippen LogP contribution in [0.5, 0.6) is 0 Å². The van der Waals surface area contributed by atoms with Gasteiger partial charge in [0.05, 0.1) is 11.3 Å². The van der Waals surface area contributed by atoms with Gasteiger partial charge in [-0.15, -0.1) is 10.2 Å². The Morgan fingerprint density at radius 1 is 1.46 bits per heavy atom. The van der Waals surface area contributed by atoms with Crippen LogP contribution in [0.4, 0.5) is 17.3 Å². The van der Waals surface area contributed by atoms with Crippen molar-refractivity contribution in [2.75, 3.05) is 35.3 Å². The van der Waals surface area contributed by atoms with Gasteiger partial charge in [0.2, 0.25) is 0 Å². The van der Waals surface area contributed by atoms with Crippen LogP contribution in [0, 0.1) is 0 Å². The van der Waals surface area contributed by atoms with E-state index in [1.807, 2.05) is 13.1 Å². The molecule has 1 fully saturated rings. The monoisotopic (exact) mass is 344 g/mol. The lowest BCUT2D eigenvalue weighted by molar-refractivity contribution is 0.112. The van der Waals surface area contributed by atoms with Crippen molar-refractivity contribution in [3.05, 3.63) is 35.1 Å². The molecule has 2 aromatic rings. The Balaban J connectivity index is 1.61. The number of fused-ring (bicyclic) bond motifs is 3. The second kappa shape index (κ2) is 5.90. The minimum atomic E-state index is 0.253. The maximum absolute atomic E-state index is 11.3. The van der Waals surface area contributed by atoms with Gasteiger partial charge in [-0.1, -0.05) is 11.6 Å². The molecule has 4 rings (SSSR count). The van der Waals surface area contributed by atoms with Crippen molar-refractivity contribution >= 4 is 35.2 Å². The van der Waals surface area contributed by atoms with Gasteiger partial charge in [-0.05, 0) is 18.6 Å². The van der Waals surface area contributed by atoms with Crippen molar-refractivity contribution in [3.63, 3.8) is 0 Å². The maximum Gasteiger partial charge on any atom is 0.172 e. The van der Waals surface area contributed by atoms with E-state index in [4.69, 9.17) is 11.6 Å². The van der Waals surface area contributed by atoms with Crippen LogP contribution >= 0.6 is 11.6 Å². The van der Waals surface area contributed by atoms with Gasteiger partial charge in [-0.3, -0.25) is 4.79 Å². The molecule has 7 nitrogen and oxygen atoms in total. The van der Waals surface area contributed by atoms with E-state index in [-0.39, 0.29) is 6.04 Å². The number of hydrogen-bond acceptors (Lipinski definition) is 7. The zero-order valence-corrected chi connectivity index (χ0v) is 13.9. The number of rotatable bonds is 3. The summed E-state index contributed by atoms with van der Waals surface area (Å²) < 4.78 is 0. The number of carbonyl (C=O) groups is 1. The molecule has 0 bridgehead atoms. The van der Waals surface area contributed by atoms with E-state index in [0.717, 1.165) is 43.1 Å². The molecule has 24 heavy (non-hydrogen) atoms. The minimum Gasteiger partial charge on any atom is -0.365 e. The average Bonchev–Trinajstić information content (AvgIpc) is 3.05. The summed E-state index contributed by atoms with van der Waals surface area (Å²) in [6.45, 7) is 1.64. The lowest BCUT2D eigenvalue weighted by Gasteiger charge is -2.33. The summed E-state index contributed by atoms with van der Waals surface area (Å²) in [6.07, 6.45) is 3.54. The third kappa shape index (κ3) is 2.45. The van der Waals surface area contributed by atoms with Crippen LogP contribution in [0.3, 0.4) is 0 Å². The van der Waals surface area contributed by atoms with Crippen LogP contribution in [-0.4, -0.2) is 53.7 Å². The number of likely N-dealkylation sites (N-methyl/N-ethyl adjacent to an activating group) is 1. The van der Waals surface area contributed by atoms with E-state index in [0.29, 0.717) is 16.8 Å². The third-order valence-corrected chi connectivity index (χ3v) is 4.96. The van der Waals surface area contributed by atoms with Crippen LogP contribution in [0.2, 0.25) is 5.15 Å². The molecule has 0 aromatic carbocycles. The van der Waals surface area contributed by atoms with Gasteiger partial charge in [-0.2, -0.15) is 0 Å². The highest BCUT2D eigenvalue weighted by molar-refractivity contribution is 6.29. The van der Waals surface area contributed by atoms with Gasteiger partial charge in [0.25, 0.3) is 0 Å². The zero-order valence-electron chi connectivity index (χ0n) is 13.2. The van der Waals surface area contributed by atoms with Gasteiger partial charge in [0.15, 0.2) is 17.3 Å². The summed E-state index contributed by atoms with van der Waals surface area (Å²) in [5, 5.41) is 11.7. The van der Waals surface area contributed by atoms with Crippen LogP contribution in [0.1, 0.15) is 16.8 Å². The molecule has 2 aliphatic heterocycles. The Labute approximate surface area is 144 Å². The van der Waals surface area contributed by atoms with Crippen molar-refractivity contribution in [2.24, 2.45) is 0 Å². The summed E-state index contributed by atoms with van der Waals surface area (Å²) in [4.78, 5) is 20.1. The third-order valence-electron chi connectivity index (χ3n) is 4.78. The normalized spacial score (nSPS) is 21.7. The second-order valence-corrected chi connectivity index (χ2v) is 6.51. The summed E-state index contributed by atoms with van der Waals surface area (Å²) in [5.74, 6) is 1.49. The minimum absolute atomic E-state index is 0.253. The number of anilines is 3. The summed E-state index contributed by atoms with van der Waals surface area (Å²) in [7, 11) is 1.99. The van der Waals surface area contributed by atoms with Crippen LogP contribution < -0.4 is 15.1 Å². The highest BCUT2D eigenvalue weighted by Crippen LogP contribution is 2.37. The fourth-order valence-electron chi connectivity index (χ4n) is 3.55. The topological polar surface area (TPSA) is 74.2 Å². The smallest absolute Gasteiger partial charge is 0.172 e. The predicted molar refractivity (Wildman–Crippen MR) is 93.1 cm³/mol. The van der Waals surface area contributed by atoms with Crippen molar-refractivity contribution < 1.29 is 4.79 Å². The molecule has 1 N–H and O–H groups in total. The maximum atomic E-state index is 11.3. The van der Waals surface area contributed by atoms with E-state index in [9.17, 15) is 4.79 Å². The highest BCUT2D eigenvalue weighted by Gasteiger charge is 2.39. The Hall–Kier alpha value is -2.41. The average molecular weight is 345 g/mol. The summed E-state index contributed by atoms with van der Waals surface area (Å²) in [5.41, 5.74) is 1.59. The highest BCUT2D eigenvalue weighted by atomic mass is 35.5. The summed E-state index contributed by atoms with van der Waals surface area (Å²) >= 11 is 6.01. The van der Waals surface area contributed by atoms with Crippen molar-refractivity contribution in [1.82, 2.24) is 15.2 Å². The van der Waals surface area contributed by atoms with Gasteiger partial charge in [0, 0.05) is 44.5 Å². The number of carbonyl (C=O) groups excluding carboxylic acids is 1. The van der Waals surface area contributed by atoms with Gasteiger partial charge in [-0.25, -0.2) is 4.98 Å². The van der Waals surface area contributed by atoms with E-state index >= 15 is 0 Å². The molecule has 4 heterocycles. The molecule has 124 valence electrons. The van der Waals surface area contributed by atoms with Gasteiger partial charge in [0.1, 0.15) is 5.82 Å². The zero-order chi connectivity index (χ0) is 16.7. The molecular weight excluding hydrogens is 328 g/mol. The van der Waals surface area contributed by atoms with Gasteiger partial charge >= 0.3 is 0 Å². The van der Waals surface area contributed by atoms with Crippen LogP contribution in [0.25, 0.3) is 0 Å². The van der Waals surface area contributed by atoms with Crippen LogP contribution in [0.15, 0.2) is 24.4 Å². The molecule has 0 spiro atoms. The first kappa shape index (κ1) is 15.1. The van der Waals surface area contributed by atoms with Crippen molar-refractivity contribution in [1.29, 1.82) is 0 Å². The lowest BCUT2D eigenvalue weighted by Crippen LogP contribution is -2.40. The van der Waals surface area contributed by atoms with Gasteiger partial charge < -0.3 is 15.1 Å². The van der Waals surface area contributed by atoms with E-state index < -0.39 is 0 Å². The number of halogens is 1. The second-order valence-electron chi connectivity index (χ2n) is 6.12. The number of aromatic nitrogens is 3. The largest absolute Gasteiger partial charge is 0.365 e. The Bertz CT molecular complexity index is 785. The molecule has 0 amide bonds. The standard InChI is InChI=1S/C16H17ClN6O/c1-22(16-10(9-24)3-2-4-18-16)12-5-11-7-19-15-13(23(11)8-12)6-14(17)20-21-15/h2-4,6,9,11-12H,5,7-8H2,1H3,(H,19,21)/t11-,12-/m1/s1. The molecule has 2 atom stereocenters. The molecule has 2 aliphatic rings. The van der Waals surface area contributed by atoms with E-state index in [2.05, 4.69) is 30.3 Å². The first-order valence-corrected chi connectivity index (χ1v) is 8.22. The molecule has 8 heteroatoms. The molecule has 0 aliphatic carbocycles. The molecule has 0 unspecified atom stereocenters. The number of nitrogens with zero attached hydrogens (tertiary/aromatic N) is 5. The lowest BCUT2D eigenvalue weighted by atomic mass is 10.1. The molecule has 2 aromatic heterocycles. The number of nitrogens with one attached hydrogen (secondary N) is 1. The summed E-state index contributed by atoms with van der Waals surface area (Å²) in [6, 6.07) is 6.03. The molecule has 0 saturated carbocycles. The Morgan fingerprint density at radius 3 is 3.17 bits per heavy atom. The Morgan fingerprint density at radius 2 is 2.33 bits per heavy atom. The SMILES string of the molecule is CN(c1ncccc1C=O)[C@@H]1C[C@@H]2CNc3nnc(Cl)cc3N2C1. The quantitative estimate of drug-likeness (QED) is 0.851. The molecule has 0 radical (unpaired) electrons. The predicted octanol–water partition coefficient (Wildman–Crippen LogP) is 1.85. The number of pyridine rings is 1. The first-order chi connectivity index (χ1) is 11.7. The molecule has 1 saturated heterocycles. The first-order valence-electron chi connectivity index (χ1n) is 7.84. The van der Waals surface area contributed by atoms with E-state index in [1.54, 1.807) is 18.3 Å². The number of aldehydes is 1. The Kier molecular flexibility index (Phi) is 3.72. The fraction of sp³-hybridized carbons (Fsp3) is 0.375. The van der Waals surface area contributed by atoms with Crippen molar-refractivity contribution in [3.8, 4) is 0 Å². The van der Waals surface area contributed by atoms with Crippen LogP contribution in [-0.2, 0) is 0 Å². The van der Waals surface area contributed by atoms with Crippen molar-refractivity contribution in [2.45, 2.75) is 18.5 Å². The van der Waals surface area contributed by atoms with E-state index in [1.165, 1.54) is 0 Å². The fourth-order valence-corrected chi connectivity index (χ4v) is 3.69.